The Kier molecular flexibility index (Phi) is 6.31. The topological polar surface area (TPSA) is 99.2 Å². The van der Waals surface area contributed by atoms with Gasteiger partial charge in [0.25, 0.3) is 0 Å². The number of nitrogens with zero attached hydrogens (tertiary/aromatic N) is 5. The number of hydrogen-bond donors (Lipinski definition) is 2. The van der Waals surface area contributed by atoms with Crippen molar-refractivity contribution >= 4 is 28.7 Å². The summed E-state index contributed by atoms with van der Waals surface area (Å²) in [4.78, 5) is 40.6. The first-order valence-corrected chi connectivity index (χ1v) is 10.5. The first-order valence-electron chi connectivity index (χ1n) is 10.5. The molecule has 2 aromatic heterocycles. The highest BCUT2D eigenvalue weighted by atomic mass is 19.1. The predicted molar refractivity (Wildman–Crippen MR) is 120 cm³/mol. The van der Waals surface area contributed by atoms with Crippen molar-refractivity contribution in [1.82, 2.24) is 29.3 Å². The number of likely N-dealkylation sites (tertiary alicyclic amines) is 1. The average molecular weight is 439 g/mol. The Morgan fingerprint density at radius 3 is 2.88 bits per heavy atom. The lowest BCUT2D eigenvalue weighted by atomic mass is 10.1. The van der Waals surface area contributed by atoms with Gasteiger partial charge in [-0.2, -0.15) is 4.98 Å². The number of benzene rings is 1. The van der Waals surface area contributed by atoms with Crippen molar-refractivity contribution in [2.45, 2.75) is 18.9 Å². The third kappa shape index (κ3) is 4.86. The summed E-state index contributed by atoms with van der Waals surface area (Å²) in [5.41, 5.74) is 1.34. The van der Waals surface area contributed by atoms with Gasteiger partial charge in [-0.3, -0.25) is 9.36 Å². The monoisotopic (exact) mass is 439 g/mol. The van der Waals surface area contributed by atoms with Gasteiger partial charge < -0.3 is 20.1 Å². The number of aromatic nitrogens is 4. The number of amides is 1. The molecule has 1 aromatic carbocycles. The Labute approximate surface area is 184 Å². The number of carbonyl (C=O) groups excluding carboxylic acids is 1. The van der Waals surface area contributed by atoms with Crippen LogP contribution in [0, 0.1) is 5.82 Å². The quantitative estimate of drug-likeness (QED) is 0.572. The van der Waals surface area contributed by atoms with Crippen molar-refractivity contribution in [3.63, 3.8) is 0 Å². The molecule has 1 atom stereocenters. The second-order valence-corrected chi connectivity index (χ2v) is 8.11. The van der Waals surface area contributed by atoms with Crippen molar-refractivity contribution in [3.05, 3.63) is 58.9 Å². The van der Waals surface area contributed by atoms with Crippen LogP contribution < -0.4 is 11.0 Å². The highest BCUT2D eigenvalue weighted by Crippen LogP contribution is 2.24. The number of carbonyl (C=O) groups is 1. The van der Waals surface area contributed by atoms with Gasteiger partial charge in [-0.15, -0.1) is 0 Å². The molecule has 0 aliphatic carbocycles. The third-order valence-electron chi connectivity index (χ3n) is 5.36. The fourth-order valence-electron chi connectivity index (χ4n) is 3.81. The van der Waals surface area contributed by atoms with Crippen molar-refractivity contribution in [2.75, 3.05) is 39.0 Å². The smallest absolute Gasteiger partial charge is 0.328 e. The minimum Gasteiger partial charge on any atom is -0.337 e. The molecule has 1 fully saturated rings. The molecule has 4 rings (SSSR count). The molecule has 2 N–H and O–H groups in total. The van der Waals surface area contributed by atoms with Crippen LogP contribution in [-0.4, -0.2) is 69.0 Å². The van der Waals surface area contributed by atoms with E-state index in [1.165, 1.54) is 12.1 Å². The van der Waals surface area contributed by atoms with Gasteiger partial charge in [0.05, 0.1) is 12.2 Å². The van der Waals surface area contributed by atoms with Crippen LogP contribution in [-0.2, 0) is 4.79 Å². The van der Waals surface area contributed by atoms with Gasteiger partial charge >= 0.3 is 5.69 Å². The van der Waals surface area contributed by atoms with Gasteiger partial charge in [0, 0.05) is 31.4 Å². The first kappa shape index (κ1) is 21.7. The summed E-state index contributed by atoms with van der Waals surface area (Å²) in [6.45, 7) is 1.78. The summed E-state index contributed by atoms with van der Waals surface area (Å²) in [6.07, 6.45) is 6.53. The summed E-state index contributed by atoms with van der Waals surface area (Å²) in [5, 5.41) is 3.03. The number of piperidine rings is 1. The molecule has 32 heavy (non-hydrogen) atoms. The predicted octanol–water partition coefficient (Wildman–Crippen LogP) is 2.28. The normalized spacial score (nSPS) is 16.9. The zero-order chi connectivity index (χ0) is 22.7. The molecule has 168 valence electrons. The number of aromatic amines is 1. The Morgan fingerprint density at radius 1 is 1.34 bits per heavy atom. The molecule has 0 bridgehead atoms. The van der Waals surface area contributed by atoms with Crippen molar-refractivity contribution in [2.24, 2.45) is 0 Å². The largest absolute Gasteiger partial charge is 0.337 e. The van der Waals surface area contributed by atoms with E-state index in [1.54, 1.807) is 33.9 Å². The zero-order valence-electron chi connectivity index (χ0n) is 18.1. The number of imidazole rings is 1. The van der Waals surface area contributed by atoms with Gasteiger partial charge in [-0.25, -0.2) is 14.2 Å². The lowest BCUT2D eigenvalue weighted by Gasteiger charge is -2.32. The van der Waals surface area contributed by atoms with Gasteiger partial charge in [0.1, 0.15) is 11.3 Å². The molecule has 0 saturated carbocycles. The number of likely N-dealkylation sites (N-methyl/N-ethyl adjacent to an activating group) is 1. The maximum atomic E-state index is 13.2. The third-order valence-corrected chi connectivity index (χ3v) is 5.36. The number of halogens is 1. The molecule has 1 aliphatic heterocycles. The summed E-state index contributed by atoms with van der Waals surface area (Å²) < 4.78 is 14.8. The molecule has 1 saturated heterocycles. The number of rotatable bonds is 6. The van der Waals surface area contributed by atoms with Crippen LogP contribution in [0.4, 0.5) is 16.0 Å². The highest BCUT2D eigenvalue weighted by Gasteiger charge is 2.27. The van der Waals surface area contributed by atoms with Crippen LogP contribution in [0.1, 0.15) is 18.9 Å². The van der Waals surface area contributed by atoms with E-state index in [9.17, 15) is 14.0 Å². The summed E-state index contributed by atoms with van der Waals surface area (Å²) in [5.74, 6) is -0.0932. The molecule has 9 nitrogen and oxygen atoms in total. The molecular weight excluding hydrogens is 413 g/mol. The first-order chi connectivity index (χ1) is 15.4. The van der Waals surface area contributed by atoms with Crippen LogP contribution in [0.3, 0.4) is 0 Å². The Hall–Kier alpha value is -3.53. The second-order valence-electron chi connectivity index (χ2n) is 8.11. The highest BCUT2D eigenvalue weighted by molar-refractivity contribution is 5.87. The van der Waals surface area contributed by atoms with Gasteiger partial charge in [-0.1, -0.05) is 6.08 Å². The maximum absolute atomic E-state index is 13.2. The van der Waals surface area contributed by atoms with E-state index in [0.717, 1.165) is 12.8 Å². The second kappa shape index (κ2) is 9.31. The Bertz CT molecular complexity index is 1180. The Balaban J connectivity index is 1.56. The van der Waals surface area contributed by atoms with E-state index in [4.69, 9.17) is 0 Å². The standard InChI is InChI=1S/C22H26FN7O2/c1-28(2)11-4-6-19(31)29-12-3-5-17(14-29)30-20-18(26-22(30)32)13-24-21(27-20)25-16-9-7-15(23)8-10-16/h4,6-10,13,17H,3,5,11-12,14H2,1-2H3,(H,26,32)(H,24,25,27)/b6-4+/t17-/m1/s1. The van der Waals surface area contributed by atoms with Crippen LogP contribution in [0.5, 0.6) is 0 Å². The summed E-state index contributed by atoms with van der Waals surface area (Å²) in [7, 11) is 3.88. The van der Waals surface area contributed by atoms with E-state index in [2.05, 4.69) is 20.3 Å². The SMILES string of the molecule is CN(C)C/C=C/C(=O)N1CCC[C@@H](n2c(=O)[nH]c3cnc(Nc4ccc(F)cc4)nc32)C1. The molecular formula is C22H26FN7O2. The van der Waals surface area contributed by atoms with E-state index in [1.807, 2.05) is 25.1 Å². The molecule has 1 aliphatic rings. The van der Waals surface area contributed by atoms with E-state index >= 15 is 0 Å². The lowest BCUT2D eigenvalue weighted by Crippen LogP contribution is -2.42. The Morgan fingerprint density at radius 2 is 2.12 bits per heavy atom. The number of anilines is 2. The van der Waals surface area contributed by atoms with E-state index < -0.39 is 0 Å². The molecule has 10 heteroatoms. The number of nitrogens with one attached hydrogen (secondary N) is 2. The lowest BCUT2D eigenvalue weighted by molar-refractivity contribution is -0.127. The van der Waals surface area contributed by atoms with Gasteiger partial charge in [-0.05, 0) is 51.2 Å². The van der Waals surface area contributed by atoms with Crippen LogP contribution in [0.2, 0.25) is 0 Å². The number of H-pyrrole nitrogens is 1. The van der Waals surface area contributed by atoms with Gasteiger partial charge in [0.2, 0.25) is 11.9 Å². The molecule has 1 amide bonds. The maximum Gasteiger partial charge on any atom is 0.328 e. The van der Waals surface area contributed by atoms with Crippen LogP contribution in [0.25, 0.3) is 11.2 Å². The van der Waals surface area contributed by atoms with Crippen molar-refractivity contribution in [3.8, 4) is 0 Å². The zero-order valence-corrected chi connectivity index (χ0v) is 18.1. The summed E-state index contributed by atoms with van der Waals surface area (Å²) >= 11 is 0. The minimum absolute atomic E-state index is 0.0577. The molecule has 0 unspecified atom stereocenters. The van der Waals surface area contributed by atoms with Crippen LogP contribution >= 0.6 is 0 Å². The fraction of sp³-hybridized carbons (Fsp3) is 0.364. The molecule has 3 aromatic rings. The van der Waals surface area contributed by atoms with Crippen molar-refractivity contribution in [1.29, 1.82) is 0 Å². The van der Waals surface area contributed by atoms with E-state index in [0.29, 0.717) is 42.4 Å². The number of fused-ring (bicyclic) bond motifs is 1. The fourth-order valence-corrected chi connectivity index (χ4v) is 3.81. The van der Waals surface area contributed by atoms with Gasteiger partial charge in [0.15, 0.2) is 5.65 Å². The summed E-state index contributed by atoms with van der Waals surface area (Å²) in [6, 6.07) is 5.66. The molecule has 0 radical (unpaired) electrons. The number of hydrogen-bond acceptors (Lipinski definition) is 6. The minimum atomic E-state index is -0.334. The molecule has 3 heterocycles. The van der Waals surface area contributed by atoms with E-state index in [-0.39, 0.29) is 23.5 Å². The van der Waals surface area contributed by atoms with Crippen molar-refractivity contribution < 1.29 is 9.18 Å². The van der Waals surface area contributed by atoms with Crippen LogP contribution in [0.15, 0.2) is 47.4 Å². The molecule has 0 spiro atoms. The average Bonchev–Trinajstić information content (AvgIpc) is 3.10.